The lowest BCUT2D eigenvalue weighted by Crippen LogP contribution is -2.24. The number of amides is 1. The monoisotopic (exact) mass is 390 g/mol. The number of anilines is 2. The molecular formula is C22H22N4O3. The molecule has 4 rings (SSSR count). The number of fused-ring (bicyclic) bond motifs is 1. The molecule has 1 aromatic heterocycles. The van der Waals surface area contributed by atoms with Crippen molar-refractivity contribution in [3.05, 3.63) is 71.9 Å². The van der Waals surface area contributed by atoms with Gasteiger partial charge in [-0.25, -0.2) is 0 Å². The van der Waals surface area contributed by atoms with Crippen molar-refractivity contribution in [2.24, 2.45) is 0 Å². The smallest absolute Gasteiger partial charge is 0.276 e. The van der Waals surface area contributed by atoms with Crippen molar-refractivity contribution in [2.75, 3.05) is 30.0 Å². The maximum atomic E-state index is 12.5. The number of carbonyl (C=O) groups excluding carboxylic acids is 1. The molecule has 1 aliphatic rings. The Labute approximate surface area is 169 Å². The number of hydrogen-bond acceptors (Lipinski definition) is 6. The Hall–Kier alpha value is -3.61. The van der Waals surface area contributed by atoms with Crippen molar-refractivity contribution in [3.8, 4) is 11.5 Å². The first kappa shape index (κ1) is 18.7. The number of nitrogens with zero attached hydrogens (tertiary/aromatic N) is 3. The van der Waals surface area contributed by atoms with Crippen LogP contribution in [0.25, 0.3) is 0 Å². The number of carbonyl (C=O) groups is 1. The van der Waals surface area contributed by atoms with E-state index in [1.54, 1.807) is 24.3 Å². The molecule has 0 radical (unpaired) electrons. The number of benzene rings is 2. The lowest BCUT2D eigenvalue weighted by Gasteiger charge is -2.21. The van der Waals surface area contributed by atoms with E-state index in [9.17, 15) is 4.79 Å². The van der Waals surface area contributed by atoms with E-state index >= 15 is 0 Å². The van der Waals surface area contributed by atoms with Gasteiger partial charge in [-0.15, -0.1) is 10.2 Å². The van der Waals surface area contributed by atoms with Crippen LogP contribution in [-0.2, 0) is 6.54 Å². The summed E-state index contributed by atoms with van der Waals surface area (Å²) in [5.41, 5.74) is 2.06. The molecule has 2 aromatic carbocycles. The van der Waals surface area contributed by atoms with Gasteiger partial charge in [0.1, 0.15) is 13.2 Å². The fraction of sp³-hybridized carbons (Fsp3) is 0.227. The molecule has 0 atom stereocenters. The Bertz CT molecular complexity index is 977. The molecule has 1 N–H and O–H groups in total. The molecule has 0 spiro atoms. The summed E-state index contributed by atoms with van der Waals surface area (Å²) in [5.74, 6) is 1.70. The molecule has 0 saturated heterocycles. The second-order valence-corrected chi connectivity index (χ2v) is 6.59. The molecule has 0 saturated carbocycles. The molecule has 3 aromatic rings. The minimum atomic E-state index is -0.327. The minimum absolute atomic E-state index is 0.249. The average molecular weight is 390 g/mol. The maximum Gasteiger partial charge on any atom is 0.276 e. The van der Waals surface area contributed by atoms with Gasteiger partial charge in [-0.2, -0.15) is 0 Å². The molecule has 7 nitrogen and oxygen atoms in total. The first-order valence-electron chi connectivity index (χ1n) is 9.56. The largest absolute Gasteiger partial charge is 0.486 e. The molecule has 1 amide bonds. The third kappa shape index (κ3) is 4.45. The Balaban J connectivity index is 1.43. The number of rotatable bonds is 6. The quantitative estimate of drug-likeness (QED) is 0.694. The summed E-state index contributed by atoms with van der Waals surface area (Å²) >= 11 is 0. The standard InChI is InChI=1S/C22H22N4O3/c1-2-26(15-16-6-4-3-5-7-16)21-11-9-18(24-25-21)22(27)23-17-8-10-19-20(14-17)29-13-12-28-19/h3-11,14H,2,12-13,15H2,1H3,(H,23,27). The maximum absolute atomic E-state index is 12.5. The molecule has 0 unspecified atom stereocenters. The summed E-state index contributed by atoms with van der Waals surface area (Å²) in [6.45, 7) is 4.60. The van der Waals surface area contributed by atoms with Crippen LogP contribution in [0.15, 0.2) is 60.7 Å². The van der Waals surface area contributed by atoms with Crippen LogP contribution in [0.1, 0.15) is 23.0 Å². The van der Waals surface area contributed by atoms with E-state index in [2.05, 4.69) is 39.5 Å². The van der Waals surface area contributed by atoms with Crippen molar-refractivity contribution in [3.63, 3.8) is 0 Å². The summed E-state index contributed by atoms with van der Waals surface area (Å²) in [6, 6.07) is 19.0. The Kier molecular flexibility index (Phi) is 5.56. The van der Waals surface area contributed by atoms with E-state index in [0.717, 1.165) is 18.9 Å². The van der Waals surface area contributed by atoms with Crippen LogP contribution in [0.4, 0.5) is 11.5 Å². The van der Waals surface area contributed by atoms with Gasteiger partial charge in [-0.3, -0.25) is 4.79 Å². The lowest BCUT2D eigenvalue weighted by molar-refractivity contribution is 0.102. The van der Waals surface area contributed by atoms with E-state index < -0.39 is 0 Å². The number of ether oxygens (including phenoxy) is 2. The molecule has 0 aliphatic carbocycles. The molecule has 29 heavy (non-hydrogen) atoms. The van der Waals surface area contributed by atoms with Gasteiger partial charge in [0.15, 0.2) is 23.0 Å². The van der Waals surface area contributed by atoms with Crippen LogP contribution in [0.2, 0.25) is 0 Å². The van der Waals surface area contributed by atoms with Gasteiger partial charge in [-0.1, -0.05) is 30.3 Å². The fourth-order valence-corrected chi connectivity index (χ4v) is 3.09. The van der Waals surface area contributed by atoms with Crippen LogP contribution in [0.5, 0.6) is 11.5 Å². The van der Waals surface area contributed by atoms with E-state index in [4.69, 9.17) is 9.47 Å². The van der Waals surface area contributed by atoms with E-state index in [1.165, 1.54) is 5.56 Å². The third-order valence-corrected chi connectivity index (χ3v) is 4.61. The zero-order valence-corrected chi connectivity index (χ0v) is 16.2. The number of nitrogens with one attached hydrogen (secondary N) is 1. The molecular weight excluding hydrogens is 368 g/mol. The highest BCUT2D eigenvalue weighted by Crippen LogP contribution is 2.32. The van der Waals surface area contributed by atoms with Crippen LogP contribution >= 0.6 is 0 Å². The van der Waals surface area contributed by atoms with Gasteiger partial charge in [0, 0.05) is 24.8 Å². The number of aromatic nitrogens is 2. The second-order valence-electron chi connectivity index (χ2n) is 6.59. The summed E-state index contributed by atoms with van der Waals surface area (Å²) in [4.78, 5) is 14.6. The summed E-state index contributed by atoms with van der Waals surface area (Å²) < 4.78 is 11.0. The van der Waals surface area contributed by atoms with Crippen molar-refractivity contribution in [1.29, 1.82) is 0 Å². The van der Waals surface area contributed by atoms with Gasteiger partial charge >= 0.3 is 0 Å². The first-order chi connectivity index (χ1) is 14.2. The van der Waals surface area contributed by atoms with Gasteiger partial charge in [-0.05, 0) is 36.8 Å². The van der Waals surface area contributed by atoms with Crippen LogP contribution < -0.4 is 19.7 Å². The topological polar surface area (TPSA) is 76.6 Å². The van der Waals surface area contributed by atoms with Crippen molar-refractivity contribution in [1.82, 2.24) is 10.2 Å². The molecule has 0 bridgehead atoms. The lowest BCUT2D eigenvalue weighted by atomic mass is 10.2. The zero-order chi connectivity index (χ0) is 20.1. The molecule has 148 valence electrons. The van der Waals surface area contributed by atoms with Crippen LogP contribution in [-0.4, -0.2) is 35.9 Å². The Morgan fingerprint density at radius 3 is 2.52 bits per heavy atom. The zero-order valence-electron chi connectivity index (χ0n) is 16.2. The van der Waals surface area contributed by atoms with E-state index in [1.807, 2.05) is 24.3 Å². The van der Waals surface area contributed by atoms with Crippen molar-refractivity contribution < 1.29 is 14.3 Å². The van der Waals surface area contributed by atoms with E-state index in [0.29, 0.717) is 30.4 Å². The third-order valence-electron chi connectivity index (χ3n) is 4.61. The summed E-state index contributed by atoms with van der Waals surface area (Å²) in [7, 11) is 0. The highest BCUT2D eigenvalue weighted by atomic mass is 16.6. The fourth-order valence-electron chi connectivity index (χ4n) is 3.09. The van der Waals surface area contributed by atoms with Gasteiger partial charge in [0.25, 0.3) is 5.91 Å². The van der Waals surface area contributed by atoms with Crippen molar-refractivity contribution in [2.45, 2.75) is 13.5 Å². The van der Waals surface area contributed by atoms with Crippen LogP contribution in [0.3, 0.4) is 0 Å². The van der Waals surface area contributed by atoms with Gasteiger partial charge in [0.05, 0.1) is 0 Å². The molecule has 1 aliphatic heterocycles. The second kappa shape index (κ2) is 8.60. The van der Waals surface area contributed by atoms with Gasteiger partial charge in [0.2, 0.25) is 0 Å². The Morgan fingerprint density at radius 1 is 1.00 bits per heavy atom. The molecule has 7 heteroatoms. The molecule has 2 heterocycles. The predicted octanol–water partition coefficient (Wildman–Crippen LogP) is 3.53. The summed E-state index contributed by atoms with van der Waals surface area (Å²) in [5, 5.41) is 11.2. The van der Waals surface area contributed by atoms with Crippen LogP contribution in [0, 0.1) is 0 Å². The van der Waals surface area contributed by atoms with Crippen molar-refractivity contribution >= 4 is 17.4 Å². The SMILES string of the molecule is CCN(Cc1ccccc1)c1ccc(C(=O)Nc2ccc3c(c2)OCCO3)nn1. The first-order valence-corrected chi connectivity index (χ1v) is 9.56. The highest BCUT2D eigenvalue weighted by molar-refractivity contribution is 6.03. The predicted molar refractivity (Wildman–Crippen MR) is 111 cm³/mol. The highest BCUT2D eigenvalue weighted by Gasteiger charge is 2.15. The van der Waals surface area contributed by atoms with E-state index in [-0.39, 0.29) is 11.6 Å². The Morgan fingerprint density at radius 2 is 1.79 bits per heavy atom. The normalized spacial score (nSPS) is 12.3. The van der Waals surface area contributed by atoms with Gasteiger partial charge < -0.3 is 19.7 Å². The molecule has 0 fully saturated rings. The summed E-state index contributed by atoms with van der Waals surface area (Å²) in [6.07, 6.45) is 0. The average Bonchev–Trinajstić information content (AvgIpc) is 2.78. The minimum Gasteiger partial charge on any atom is -0.486 e. The number of hydrogen-bond donors (Lipinski definition) is 1.